The fraction of sp³-hybridized carbons (Fsp3) is 0.286. The summed E-state index contributed by atoms with van der Waals surface area (Å²) in [6, 6.07) is 5.58. The van der Waals surface area contributed by atoms with Crippen LogP contribution >= 0.6 is 15.9 Å². The molecule has 1 aromatic heterocycles. The van der Waals surface area contributed by atoms with Gasteiger partial charge in [0.25, 0.3) is 0 Å². The van der Waals surface area contributed by atoms with Gasteiger partial charge in [-0.15, -0.1) is 0 Å². The Hall–Kier alpha value is -0.570. The van der Waals surface area contributed by atoms with Crippen LogP contribution in [-0.2, 0) is 0 Å². The molecule has 0 aliphatic heterocycles. The lowest BCUT2D eigenvalue weighted by Crippen LogP contribution is -1.93. The Kier molecular flexibility index (Phi) is 2.68. The first kappa shape index (κ1) is 7.54. The highest BCUT2D eigenvalue weighted by Crippen LogP contribution is 2.11. The second-order valence-electron chi connectivity index (χ2n) is 1.73. The van der Waals surface area contributed by atoms with E-state index in [0.29, 0.717) is 12.5 Å². The number of aromatic nitrogens is 1. The van der Waals surface area contributed by atoms with Crippen LogP contribution in [0.25, 0.3) is 0 Å². The summed E-state index contributed by atoms with van der Waals surface area (Å²) in [5, 5.41) is 0. The highest BCUT2D eigenvalue weighted by Gasteiger charge is 1.91. The highest BCUT2D eigenvalue weighted by molar-refractivity contribution is 9.10. The van der Waals surface area contributed by atoms with Crippen LogP contribution in [0.4, 0.5) is 0 Å². The minimum Gasteiger partial charge on any atom is -0.478 e. The van der Waals surface area contributed by atoms with E-state index in [0.717, 1.165) is 4.60 Å². The average molecular weight is 202 g/mol. The van der Waals surface area contributed by atoms with Gasteiger partial charge in [0.05, 0.1) is 6.61 Å². The second-order valence-corrected chi connectivity index (χ2v) is 2.54. The Bertz CT molecular complexity index is 215. The molecule has 3 heteroatoms. The molecule has 0 N–H and O–H groups in total. The monoisotopic (exact) mass is 201 g/mol. The Balaban J connectivity index is 2.75. The number of pyridine rings is 1. The molecular formula is C7H8BrNO. The topological polar surface area (TPSA) is 22.1 Å². The Labute approximate surface area is 68.4 Å². The van der Waals surface area contributed by atoms with Crippen LogP contribution in [0, 0.1) is 0 Å². The van der Waals surface area contributed by atoms with Gasteiger partial charge in [0.2, 0.25) is 5.88 Å². The van der Waals surface area contributed by atoms with Crippen molar-refractivity contribution in [3.63, 3.8) is 0 Å². The number of halogens is 1. The van der Waals surface area contributed by atoms with Gasteiger partial charge in [0.1, 0.15) is 4.60 Å². The molecule has 0 amide bonds. The van der Waals surface area contributed by atoms with Gasteiger partial charge in [-0.05, 0) is 28.9 Å². The predicted octanol–water partition coefficient (Wildman–Crippen LogP) is 2.24. The lowest BCUT2D eigenvalue weighted by atomic mass is 10.5. The van der Waals surface area contributed by atoms with Gasteiger partial charge in [-0.2, -0.15) is 0 Å². The molecule has 54 valence electrons. The largest absolute Gasteiger partial charge is 0.478 e. The van der Waals surface area contributed by atoms with Crippen molar-refractivity contribution in [2.75, 3.05) is 6.61 Å². The van der Waals surface area contributed by atoms with Crippen LogP contribution in [0.3, 0.4) is 0 Å². The standard InChI is InChI=1S/C7H8BrNO/c1-2-10-7-5-3-4-6(8)9-7/h3-5H,2H2,1H3. The molecule has 0 aliphatic carbocycles. The molecule has 0 atom stereocenters. The maximum atomic E-state index is 5.15. The molecular weight excluding hydrogens is 194 g/mol. The smallest absolute Gasteiger partial charge is 0.214 e. The average Bonchev–Trinajstić information content (AvgIpc) is 1.88. The molecule has 0 aromatic carbocycles. The number of hydrogen-bond acceptors (Lipinski definition) is 2. The molecule has 1 rings (SSSR count). The van der Waals surface area contributed by atoms with E-state index in [1.165, 1.54) is 0 Å². The maximum absolute atomic E-state index is 5.15. The van der Waals surface area contributed by atoms with Crippen molar-refractivity contribution in [2.24, 2.45) is 0 Å². The molecule has 0 fully saturated rings. The minimum absolute atomic E-state index is 0.656. The second kappa shape index (κ2) is 3.56. The van der Waals surface area contributed by atoms with Crippen LogP contribution in [0.5, 0.6) is 5.88 Å². The summed E-state index contributed by atoms with van der Waals surface area (Å²) in [4.78, 5) is 4.06. The Morgan fingerprint density at radius 3 is 3.00 bits per heavy atom. The van der Waals surface area contributed by atoms with Crippen molar-refractivity contribution in [3.8, 4) is 5.88 Å². The molecule has 0 radical (unpaired) electrons. The van der Waals surface area contributed by atoms with Gasteiger partial charge in [-0.25, -0.2) is 4.98 Å². The van der Waals surface area contributed by atoms with Gasteiger partial charge in [-0.1, -0.05) is 6.07 Å². The molecule has 10 heavy (non-hydrogen) atoms. The zero-order valence-corrected chi connectivity index (χ0v) is 7.26. The third-order valence-electron chi connectivity index (χ3n) is 0.982. The minimum atomic E-state index is 0.656. The van der Waals surface area contributed by atoms with Gasteiger partial charge in [0, 0.05) is 6.07 Å². The van der Waals surface area contributed by atoms with E-state index in [4.69, 9.17) is 4.74 Å². The lowest BCUT2D eigenvalue weighted by molar-refractivity contribution is 0.326. The molecule has 0 unspecified atom stereocenters. The van der Waals surface area contributed by atoms with Crippen molar-refractivity contribution < 1.29 is 4.74 Å². The van der Waals surface area contributed by atoms with Crippen LogP contribution in [0.15, 0.2) is 22.8 Å². The predicted molar refractivity (Wildman–Crippen MR) is 43.1 cm³/mol. The van der Waals surface area contributed by atoms with Crippen LogP contribution in [0.1, 0.15) is 6.92 Å². The molecule has 0 saturated carbocycles. The van der Waals surface area contributed by atoms with Crippen molar-refractivity contribution in [1.82, 2.24) is 4.98 Å². The number of nitrogens with zero attached hydrogens (tertiary/aromatic N) is 1. The molecule has 1 aromatic rings. The van der Waals surface area contributed by atoms with Gasteiger partial charge in [0.15, 0.2) is 0 Å². The van der Waals surface area contributed by atoms with Crippen molar-refractivity contribution >= 4 is 15.9 Å². The first-order valence-corrected chi connectivity index (χ1v) is 3.87. The Morgan fingerprint density at radius 2 is 2.40 bits per heavy atom. The zero-order chi connectivity index (χ0) is 7.40. The molecule has 0 saturated heterocycles. The highest BCUT2D eigenvalue weighted by atomic mass is 79.9. The van der Waals surface area contributed by atoms with Crippen molar-refractivity contribution in [2.45, 2.75) is 6.92 Å². The first-order valence-electron chi connectivity index (χ1n) is 3.08. The van der Waals surface area contributed by atoms with Crippen LogP contribution in [0.2, 0.25) is 0 Å². The molecule has 1 heterocycles. The third kappa shape index (κ3) is 1.99. The van der Waals surface area contributed by atoms with E-state index in [1.54, 1.807) is 0 Å². The summed E-state index contributed by atoms with van der Waals surface area (Å²) >= 11 is 3.24. The van der Waals surface area contributed by atoms with E-state index in [1.807, 2.05) is 25.1 Å². The number of hydrogen-bond donors (Lipinski definition) is 0. The van der Waals surface area contributed by atoms with Crippen molar-refractivity contribution in [3.05, 3.63) is 22.8 Å². The van der Waals surface area contributed by atoms with E-state index >= 15 is 0 Å². The summed E-state index contributed by atoms with van der Waals surface area (Å²) in [7, 11) is 0. The summed E-state index contributed by atoms with van der Waals surface area (Å²) in [5.41, 5.74) is 0. The quantitative estimate of drug-likeness (QED) is 0.686. The molecule has 0 spiro atoms. The Morgan fingerprint density at radius 1 is 1.60 bits per heavy atom. The summed E-state index contributed by atoms with van der Waals surface area (Å²) in [6.45, 7) is 2.59. The van der Waals surface area contributed by atoms with Gasteiger partial charge < -0.3 is 4.74 Å². The van der Waals surface area contributed by atoms with Gasteiger partial charge in [-0.3, -0.25) is 0 Å². The zero-order valence-electron chi connectivity index (χ0n) is 5.67. The van der Waals surface area contributed by atoms with E-state index in [-0.39, 0.29) is 0 Å². The normalized spacial score (nSPS) is 9.40. The fourth-order valence-corrected chi connectivity index (χ4v) is 0.945. The van der Waals surface area contributed by atoms with Crippen LogP contribution in [-0.4, -0.2) is 11.6 Å². The summed E-state index contributed by atoms with van der Waals surface area (Å²) in [6.07, 6.45) is 0. The first-order chi connectivity index (χ1) is 4.83. The lowest BCUT2D eigenvalue weighted by Gasteiger charge is -1.99. The van der Waals surface area contributed by atoms with E-state index in [2.05, 4.69) is 20.9 Å². The maximum Gasteiger partial charge on any atom is 0.214 e. The van der Waals surface area contributed by atoms with Gasteiger partial charge >= 0.3 is 0 Å². The van der Waals surface area contributed by atoms with E-state index in [9.17, 15) is 0 Å². The third-order valence-corrected chi connectivity index (χ3v) is 1.42. The summed E-state index contributed by atoms with van der Waals surface area (Å²) in [5.74, 6) is 0.664. The molecule has 0 bridgehead atoms. The summed E-state index contributed by atoms with van der Waals surface area (Å²) < 4.78 is 5.95. The van der Waals surface area contributed by atoms with E-state index < -0.39 is 0 Å². The van der Waals surface area contributed by atoms with Crippen molar-refractivity contribution in [1.29, 1.82) is 0 Å². The number of ether oxygens (including phenoxy) is 1. The molecule has 2 nitrogen and oxygen atoms in total. The molecule has 0 aliphatic rings. The van der Waals surface area contributed by atoms with Crippen LogP contribution < -0.4 is 4.74 Å². The fourth-order valence-electron chi connectivity index (χ4n) is 0.618. The SMILES string of the molecule is CCOc1cccc(Br)n1. The number of rotatable bonds is 2.